The molecule has 0 aliphatic carbocycles. The predicted molar refractivity (Wildman–Crippen MR) is 97.7 cm³/mol. The summed E-state index contributed by atoms with van der Waals surface area (Å²) in [6, 6.07) is 10.6. The van der Waals surface area contributed by atoms with Gasteiger partial charge in [0.1, 0.15) is 0 Å². The van der Waals surface area contributed by atoms with Crippen molar-refractivity contribution in [2.24, 2.45) is 4.99 Å². The van der Waals surface area contributed by atoms with Crippen LogP contribution in [0.25, 0.3) is 0 Å². The fraction of sp³-hybridized carbons (Fsp3) is 0.389. The summed E-state index contributed by atoms with van der Waals surface area (Å²) in [5.74, 6) is 0.806. The third kappa shape index (κ3) is 6.42. The number of ether oxygens (including phenoxy) is 1. The molecule has 23 heavy (non-hydrogen) atoms. The Bertz CT molecular complexity index is 608. The highest BCUT2D eigenvalue weighted by Gasteiger charge is 2.01. The van der Waals surface area contributed by atoms with Crippen molar-refractivity contribution in [3.05, 3.63) is 57.8 Å². The minimum absolute atomic E-state index is 0.247. The Morgan fingerprint density at radius 3 is 2.52 bits per heavy atom. The van der Waals surface area contributed by atoms with Crippen molar-refractivity contribution in [1.29, 1.82) is 0 Å². The Morgan fingerprint density at radius 1 is 1.13 bits per heavy atom. The summed E-state index contributed by atoms with van der Waals surface area (Å²) in [6.07, 6.45) is 0.247. The minimum Gasteiger partial charge on any atom is -0.374 e. The average Bonchev–Trinajstić information content (AvgIpc) is 3.07. The second-order valence-corrected chi connectivity index (χ2v) is 6.37. The molecule has 0 aliphatic rings. The van der Waals surface area contributed by atoms with Gasteiger partial charge in [-0.3, -0.25) is 4.99 Å². The van der Waals surface area contributed by atoms with Gasteiger partial charge in [0.15, 0.2) is 5.96 Å². The topological polar surface area (TPSA) is 45.7 Å². The molecule has 0 saturated carbocycles. The first-order valence-corrected chi connectivity index (χ1v) is 8.76. The van der Waals surface area contributed by atoms with Crippen molar-refractivity contribution in [3.8, 4) is 0 Å². The lowest BCUT2D eigenvalue weighted by molar-refractivity contribution is 0.0657. The van der Waals surface area contributed by atoms with E-state index >= 15 is 0 Å². The van der Waals surface area contributed by atoms with E-state index in [0.717, 1.165) is 19.0 Å². The highest BCUT2D eigenvalue weighted by atomic mass is 32.1. The van der Waals surface area contributed by atoms with Gasteiger partial charge in [0.05, 0.1) is 12.7 Å². The van der Waals surface area contributed by atoms with Gasteiger partial charge in [-0.1, -0.05) is 24.3 Å². The summed E-state index contributed by atoms with van der Waals surface area (Å²) < 4.78 is 5.65. The van der Waals surface area contributed by atoms with Crippen LogP contribution in [-0.2, 0) is 24.4 Å². The molecule has 2 rings (SSSR count). The molecule has 0 fully saturated rings. The maximum absolute atomic E-state index is 5.65. The lowest BCUT2D eigenvalue weighted by Crippen LogP contribution is -2.36. The van der Waals surface area contributed by atoms with E-state index in [9.17, 15) is 0 Å². The zero-order valence-electron chi connectivity index (χ0n) is 14.0. The molecule has 2 N–H and O–H groups in total. The highest BCUT2D eigenvalue weighted by molar-refractivity contribution is 7.07. The van der Waals surface area contributed by atoms with E-state index in [0.29, 0.717) is 6.61 Å². The van der Waals surface area contributed by atoms with Crippen LogP contribution < -0.4 is 10.6 Å². The van der Waals surface area contributed by atoms with Gasteiger partial charge in [0, 0.05) is 20.1 Å². The van der Waals surface area contributed by atoms with E-state index in [-0.39, 0.29) is 6.10 Å². The molecular weight excluding hydrogens is 306 g/mol. The third-order valence-corrected chi connectivity index (χ3v) is 4.03. The molecule has 0 aliphatic heterocycles. The number of thiophene rings is 1. The summed E-state index contributed by atoms with van der Waals surface area (Å²) in [4.78, 5) is 4.26. The number of nitrogens with zero attached hydrogens (tertiary/aromatic N) is 1. The SMILES string of the molecule is CN=C(NCc1ccsc1)NCc1cccc(COC(C)C)c1. The number of hydrogen-bond acceptors (Lipinski definition) is 3. The van der Waals surface area contributed by atoms with Crippen LogP contribution in [0, 0.1) is 0 Å². The molecule has 0 radical (unpaired) electrons. The predicted octanol–water partition coefficient (Wildman–Crippen LogP) is 3.54. The molecule has 4 nitrogen and oxygen atoms in total. The second kappa shape index (κ2) is 9.33. The summed E-state index contributed by atoms with van der Waals surface area (Å²) in [5.41, 5.74) is 3.68. The Hall–Kier alpha value is -1.85. The van der Waals surface area contributed by atoms with Crippen molar-refractivity contribution in [1.82, 2.24) is 10.6 Å². The van der Waals surface area contributed by atoms with Gasteiger partial charge in [-0.05, 0) is 47.4 Å². The quantitative estimate of drug-likeness (QED) is 0.602. The lowest BCUT2D eigenvalue weighted by atomic mass is 10.1. The van der Waals surface area contributed by atoms with Gasteiger partial charge in [-0.25, -0.2) is 0 Å². The maximum atomic E-state index is 5.65. The van der Waals surface area contributed by atoms with Gasteiger partial charge < -0.3 is 15.4 Å². The first kappa shape index (κ1) is 17.5. The fourth-order valence-electron chi connectivity index (χ4n) is 2.08. The van der Waals surface area contributed by atoms with E-state index in [1.165, 1.54) is 16.7 Å². The monoisotopic (exact) mass is 331 g/mol. The van der Waals surface area contributed by atoms with Crippen molar-refractivity contribution >= 4 is 17.3 Å². The second-order valence-electron chi connectivity index (χ2n) is 5.59. The molecular formula is C18H25N3OS. The molecule has 0 bridgehead atoms. The number of benzene rings is 1. The van der Waals surface area contributed by atoms with E-state index in [1.807, 2.05) is 0 Å². The molecule has 0 spiro atoms. The van der Waals surface area contributed by atoms with Crippen molar-refractivity contribution in [2.75, 3.05) is 7.05 Å². The van der Waals surface area contributed by atoms with Crippen LogP contribution in [0.1, 0.15) is 30.5 Å². The van der Waals surface area contributed by atoms with E-state index in [4.69, 9.17) is 4.74 Å². The van der Waals surface area contributed by atoms with Crippen molar-refractivity contribution in [3.63, 3.8) is 0 Å². The van der Waals surface area contributed by atoms with E-state index < -0.39 is 0 Å². The molecule has 2 aromatic rings. The average molecular weight is 331 g/mol. The number of aliphatic imine (C=N–C) groups is 1. The number of guanidine groups is 1. The van der Waals surface area contributed by atoms with Gasteiger partial charge in [0.25, 0.3) is 0 Å². The Balaban J connectivity index is 1.82. The molecule has 0 unspecified atom stereocenters. The van der Waals surface area contributed by atoms with Gasteiger partial charge in [0.2, 0.25) is 0 Å². The van der Waals surface area contributed by atoms with Crippen LogP contribution in [0.5, 0.6) is 0 Å². The molecule has 1 heterocycles. The molecule has 5 heteroatoms. The van der Waals surface area contributed by atoms with Crippen LogP contribution in [0.15, 0.2) is 46.1 Å². The Kier molecular flexibility index (Phi) is 7.10. The van der Waals surface area contributed by atoms with Crippen LogP contribution >= 0.6 is 11.3 Å². The van der Waals surface area contributed by atoms with Crippen LogP contribution in [0.2, 0.25) is 0 Å². The maximum Gasteiger partial charge on any atom is 0.191 e. The summed E-state index contributed by atoms with van der Waals surface area (Å²) in [7, 11) is 1.79. The van der Waals surface area contributed by atoms with Crippen LogP contribution in [-0.4, -0.2) is 19.1 Å². The Morgan fingerprint density at radius 2 is 1.87 bits per heavy atom. The fourth-order valence-corrected chi connectivity index (χ4v) is 2.75. The van der Waals surface area contributed by atoms with Gasteiger partial charge >= 0.3 is 0 Å². The Labute approximate surface area is 142 Å². The zero-order valence-corrected chi connectivity index (χ0v) is 14.8. The number of hydrogen-bond donors (Lipinski definition) is 2. The zero-order chi connectivity index (χ0) is 16.5. The van der Waals surface area contributed by atoms with Gasteiger partial charge in [-0.15, -0.1) is 0 Å². The van der Waals surface area contributed by atoms with Crippen LogP contribution in [0.4, 0.5) is 0 Å². The number of nitrogens with one attached hydrogen (secondary N) is 2. The molecule has 0 saturated heterocycles. The molecule has 124 valence electrons. The first-order chi connectivity index (χ1) is 11.2. The van der Waals surface area contributed by atoms with Gasteiger partial charge in [-0.2, -0.15) is 11.3 Å². The van der Waals surface area contributed by atoms with Crippen molar-refractivity contribution < 1.29 is 4.74 Å². The molecule has 1 aromatic carbocycles. The van der Waals surface area contributed by atoms with E-state index in [2.05, 4.69) is 70.6 Å². The molecule has 0 amide bonds. The summed E-state index contributed by atoms with van der Waals surface area (Å²) in [5, 5.41) is 10.9. The molecule has 1 aromatic heterocycles. The number of rotatable bonds is 7. The van der Waals surface area contributed by atoms with Crippen LogP contribution in [0.3, 0.4) is 0 Å². The standard InChI is InChI=1S/C18H25N3OS/c1-14(2)22-12-16-6-4-5-15(9-16)10-20-18(19-3)21-11-17-7-8-23-13-17/h4-9,13-14H,10-12H2,1-3H3,(H2,19,20,21). The molecule has 0 atom stereocenters. The minimum atomic E-state index is 0.247. The highest BCUT2D eigenvalue weighted by Crippen LogP contribution is 2.08. The normalized spacial score (nSPS) is 11.7. The smallest absolute Gasteiger partial charge is 0.191 e. The summed E-state index contributed by atoms with van der Waals surface area (Å²) in [6.45, 7) is 6.27. The summed E-state index contributed by atoms with van der Waals surface area (Å²) >= 11 is 1.71. The largest absolute Gasteiger partial charge is 0.374 e. The first-order valence-electron chi connectivity index (χ1n) is 7.82. The lowest BCUT2D eigenvalue weighted by Gasteiger charge is -2.12. The van der Waals surface area contributed by atoms with E-state index in [1.54, 1.807) is 18.4 Å². The third-order valence-electron chi connectivity index (χ3n) is 3.30. The van der Waals surface area contributed by atoms with Crippen molar-refractivity contribution in [2.45, 2.75) is 39.6 Å².